The number of carboxylic acids is 1. The van der Waals surface area contributed by atoms with E-state index >= 15 is 0 Å². The zero-order valence-corrected chi connectivity index (χ0v) is 13.5. The lowest BCUT2D eigenvalue weighted by molar-refractivity contribution is -0.137. The van der Waals surface area contributed by atoms with E-state index in [1.807, 2.05) is 0 Å². The van der Waals surface area contributed by atoms with Gasteiger partial charge in [-0.3, -0.25) is 9.59 Å². The Hall–Kier alpha value is -1.06. The number of unbranched alkanes of at least 4 members (excludes halogenated alkanes) is 2. The second-order valence-corrected chi connectivity index (χ2v) is 8.15. The van der Waals surface area contributed by atoms with Crippen molar-refractivity contribution >= 4 is 11.9 Å². The Morgan fingerprint density at radius 2 is 1.55 bits per heavy atom. The van der Waals surface area contributed by atoms with Gasteiger partial charge < -0.3 is 10.4 Å². The molecule has 124 valence electrons. The predicted molar refractivity (Wildman–Crippen MR) is 84.3 cm³/mol. The van der Waals surface area contributed by atoms with Gasteiger partial charge in [0.2, 0.25) is 5.91 Å². The SMILES string of the molecule is O=C(O)CCCCCNC(=O)CC12CC3CC(CC(C3)C1)C2. The molecule has 4 heteroatoms. The molecule has 0 unspecified atom stereocenters. The molecule has 4 fully saturated rings. The fourth-order valence-corrected chi connectivity index (χ4v) is 5.72. The third-order valence-corrected chi connectivity index (χ3v) is 6.09. The summed E-state index contributed by atoms with van der Waals surface area (Å²) in [6, 6.07) is 0. The molecule has 4 aliphatic carbocycles. The van der Waals surface area contributed by atoms with Crippen molar-refractivity contribution in [2.24, 2.45) is 23.2 Å². The van der Waals surface area contributed by atoms with Crippen molar-refractivity contribution in [1.29, 1.82) is 0 Å². The Kier molecular flexibility index (Phi) is 4.74. The highest BCUT2D eigenvalue weighted by Crippen LogP contribution is 2.61. The standard InChI is InChI=1S/C18H29NO3/c20-16(19-5-3-1-2-4-17(21)22)12-18-9-13-6-14(10-18)8-15(7-13)11-18/h13-15H,1-12H2,(H,19,20)(H,21,22). The molecule has 0 aromatic carbocycles. The van der Waals surface area contributed by atoms with Crippen molar-refractivity contribution < 1.29 is 14.7 Å². The summed E-state index contributed by atoms with van der Waals surface area (Å²) >= 11 is 0. The summed E-state index contributed by atoms with van der Waals surface area (Å²) < 4.78 is 0. The average molecular weight is 307 g/mol. The van der Waals surface area contributed by atoms with Crippen LogP contribution < -0.4 is 5.32 Å². The molecule has 4 aliphatic rings. The number of aliphatic carboxylic acids is 1. The number of carboxylic acid groups (broad SMARTS) is 1. The molecular weight excluding hydrogens is 278 g/mol. The number of rotatable bonds is 8. The topological polar surface area (TPSA) is 66.4 Å². The van der Waals surface area contributed by atoms with Crippen LogP contribution in [-0.4, -0.2) is 23.5 Å². The number of hydrogen-bond acceptors (Lipinski definition) is 2. The van der Waals surface area contributed by atoms with Gasteiger partial charge in [0.1, 0.15) is 0 Å². The molecule has 2 N–H and O–H groups in total. The zero-order valence-electron chi connectivity index (χ0n) is 13.5. The second kappa shape index (κ2) is 6.59. The highest BCUT2D eigenvalue weighted by molar-refractivity contribution is 5.76. The van der Waals surface area contributed by atoms with E-state index in [0.717, 1.165) is 37.0 Å². The summed E-state index contributed by atoms with van der Waals surface area (Å²) in [7, 11) is 0. The zero-order chi connectivity index (χ0) is 15.6. The maximum absolute atomic E-state index is 12.3. The first-order valence-corrected chi connectivity index (χ1v) is 9.03. The van der Waals surface area contributed by atoms with Crippen LogP contribution in [0.5, 0.6) is 0 Å². The van der Waals surface area contributed by atoms with Crippen LogP contribution in [0.25, 0.3) is 0 Å². The summed E-state index contributed by atoms with van der Waals surface area (Å²) in [6.45, 7) is 0.699. The van der Waals surface area contributed by atoms with Crippen molar-refractivity contribution in [2.75, 3.05) is 6.54 Å². The monoisotopic (exact) mass is 307 g/mol. The lowest BCUT2D eigenvalue weighted by Gasteiger charge is -2.56. The fourth-order valence-electron chi connectivity index (χ4n) is 5.72. The van der Waals surface area contributed by atoms with Crippen molar-refractivity contribution in [1.82, 2.24) is 5.32 Å². The van der Waals surface area contributed by atoms with E-state index in [9.17, 15) is 9.59 Å². The average Bonchev–Trinajstić information content (AvgIpc) is 2.40. The first-order chi connectivity index (χ1) is 10.5. The number of nitrogens with one attached hydrogen (secondary N) is 1. The van der Waals surface area contributed by atoms with Crippen LogP contribution in [0.2, 0.25) is 0 Å². The molecule has 0 saturated heterocycles. The van der Waals surface area contributed by atoms with Crippen molar-refractivity contribution in [2.45, 2.75) is 70.6 Å². The molecule has 22 heavy (non-hydrogen) atoms. The molecule has 0 aliphatic heterocycles. The minimum absolute atomic E-state index is 0.222. The maximum Gasteiger partial charge on any atom is 0.303 e. The Balaban J connectivity index is 1.36. The highest BCUT2D eigenvalue weighted by Gasteiger charge is 2.51. The van der Waals surface area contributed by atoms with E-state index in [1.165, 1.54) is 38.5 Å². The van der Waals surface area contributed by atoms with Crippen LogP contribution in [-0.2, 0) is 9.59 Å². The molecule has 4 nitrogen and oxygen atoms in total. The first-order valence-electron chi connectivity index (χ1n) is 9.03. The summed E-state index contributed by atoms with van der Waals surface area (Å²) in [5, 5.41) is 11.6. The lowest BCUT2D eigenvalue weighted by atomic mass is 9.49. The lowest BCUT2D eigenvalue weighted by Crippen LogP contribution is -2.48. The molecule has 0 aromatic heterocycles. The van der Waals surface area contributed by atoms with Gasteiger partial charge in [-0.2, -0.15) is 0 Å². The summed E-state index contributed by atoms with van der Waals surface area (Å²) in [5.74, 6) is 2.19. The Morgan fingerprint density at radius 3 is 2.09 bits per heavy atom. The van der Waals surface area contributed by atoms with Gasteiger partial charge in [-0.1, -0.05) is 6.42 Å². The Morgan fingerprint density at radius 1 is 0.955 bits per heavy atom. The predicted octanol–water partition coefficient (Wildman–Crippen LogP) is 3.35. The molecule has 4 saturated carbocycles. The third kappa shape index (κ3) is 3.82. The first kappa shape index (κ1) is 15.8. The highest BCUT2D eigenvalue weighted by atomic mass is 16.4. The van der Waals surface area contributed by atoms with Gasteiger partial charge >= 0.3 is 5.97 Å². The largest absolute Gasteiger partial charge is 0.481 e. The van der Waals surface area contributed by atoms with Crippen LogP contribution in [0.4, 0.5) is 0 Å². The summed E-state index contributed by atoms with van der Waals surface area (Å²) in [5.41, 5.74) is 0.322. The van der Waals surface area contributed by atoms with Gasteiger partial charge in [-0.15, -0.1) is 0 Å². The quantitative estimate of drug-likeness (QED) is 0.676. The summed E-state index contributed by atoms with van der Waals surface area (Å²) in [6.07, 6.45) is 11.6. The van der Waals surface area contributed by atoms with E-state index < -0.39 is 5.97 Å². The van der Waals surface area contributed by atoms with Crippen LogP contribution in [0.15, 0.2) is 0 Å². The van der Waals surface area contributed by atoms with Gasteiger partial charge in [-0.25, -0.2) is 0 Å². The Bertz CT molecular complexity index is 397. The van der Waals surface area contributed by atoms with Crippen LogP contribution >= 0.6 is 0 Å². The third-order valence-electron chi connectivity index (χ3n) is 6.09. The molecule has 0 radical (unpaired) electrons. The summed E-state index contributed by atoms with van der Waals surface area (Å²) in [4.78, 5) is 22.7. The van der Waals surface area contributed by atoms with Gasteiger partial charge in [-0.05, 0) is 74.5 Å². The van der Waals surface area contributed by atoms with Crippen molar-refractivity contribution in [3.8, 4) is 0 Å². The fraction of sp³-hybridized carbons (Fsp3) is 0.889. The van der Waals surface area contributed by atoms with Crippen LogP contribution in [0.3, 0.4) is 0 Å². The smallest absolute Gasteiger partial charge is 0.303 e. The number of carbonyl (C=O) groups excluding carboxylic acids is 1. The Labute approximate surface area is 133 Å². The minimum Gasteiger partial charge on any atom is -0.481 e. The normalized spacial score (nSPS) is 35.5. The molecule has 4 bridgehead atoms. The molecule has 0 spiro atoms. The minimum atomic E-state index is -0.731. The van der Waals surface area contributed by atoms with Gasteiger partial charge in [0.05, 0.1) is 0 Å². The van der Waals surface area contributed by atoms with Crippen molar-refractivity contribution in [3.63, 3.8) is 0 Å². The molecule has 4 rings (SSSR count). The van der Waals surface area contributed by atoms with E-state index in [0.29, 0.717) is 18.4 Å². The van der Waals surface area contributed by atoms with Crippen LogP contribution in [0, 0.1) is 23.2 Å². The molecular formula is C18H29NO3. The van der Waals surface area contributed by atoms with E-state index in [-0.39, 0.29) is 12.3 Å². The van der Waals surface area contributed by atoms with Gasteiger partial charge in [0, 0.05) is 19.4 Å². The van der Waals surface area contributed by atoms with Gasteiger partial charge in [0.15, 0.2) is 0 Å². The molecule has 0 aromatic rings. The van der Waals surface area contributed by atoms with E-state index in [1.54, 1.807) is 0 Å². The van der Waals surface area contributed by atoms with Crippen LogP contribution in [0.1, 0.15) is 70.6 Å². The molecule has 0 atom stereocenters. The number of amides is 1. The number of carbonyl (C=O) groups is 2. The van der Waals surface area contributed by atoms with E-state index in [2.05, 4.69) is 5.32 Å². The number of hydrogen-bond donors (Lipinski definition) is 2. The molecule has 0 heterocycles. The second-order valence-electron chi connectivity index (χ2n) is 8.15. The molecule has 1 amide bonds. The van der Waals surface area contributed by atoms with Crippen molar-refractivity contribution in [3.05, 3.63) is 0 Å². The van der Waals surface area contributed by atoms with Gasteiger partial charge in [0.25, 0.3) is 0 Å². The maximum atomic E-state index is 12.3. The van der Waals surface area contributed by atoms with E-state index in [4.69, 9.17) is 5.11 Å².